The summed E-state index contributed by atoms with van der Waals surface area (Å²) in [6.45, 7) is 2.77. The number of rotatable bonds is 5. The summed E-state index contributed by atoms with van der Waals surface area (Å²) in [5.41, 5.74) is 1.54. The molecule has 6 nitrogen and oxygen atoms in total. The van der Waals surface area contributed by atoms with Crippen LogP contribution >= 0.6 is 0 Å². The van der Waals surface area contributed by atoms with E-state index in [9.17, 15) is 14.7 Å². The zero-order valence-electron chi connectivity index (χ0n) is 14.5. The Balaban J connectivity index is 1.94. The molecule has 3 rings (SSSR count). The lowest BCUT2D eigenvalue weighted by Crippen LogP contribution is -2.51. The molecule has 0 saturated carbocycles. The molecule has 0 aliphatic carbocycles. The summed E-state index contributed by atoms with van der Waals surface area (Å²) in [6, 6.07) is 17.6. The molecule has 1 aliphatic rings. The number of carbonyl (C=O) groups excluding carboxylic acids is 1. The van der Waals surface area contributed by atoms with Crippen LogP contribution in [0.15, 0.2) is 60.7 Å². The van der Waals surface area contributed by atoms with Crippen molar-refractivity contribution in [2.24, 2.45) is 0 Å². The molecule has 0 aromatic heterocycles. The van der Waals surface area contributed by atoms with Crippen LogP contribution in [0.4, 0.5) is 4.79 Å². The fourth-order valence-corrected chi connectivity index (χ4v) is 3.20. The van der Waals surface area contributed by atoms with E-state index in [0.29, 0.717) is 18.7 Å². The summed E-state index contributed by atoms with van der Waals surface area (Å²) in [4.78, 5) is 28.3. The number of carboxylic acid groups (broad SMARTS) is 1. The Bertz CT molecular complexity index is 730. The zero-order chi connectivity index (χ0) is 18.4. The van der Waals surface area contributed by atoms with Gasteiger partial charge < -0.3 is 15.3 Å². The molecule has 2 N–H and O–H groups in total. The average Bonchev–Trinajstić information content (AvgIpc) is 2.69. The maximum absolute atomic E-state index is 13.2. The number of nitrogens with one attached hydrogen (secondary N) is 1. The first-order valence-corrected chi connectivity index (χ1v) is 8.75. The van der Waals surface area contributed by atoms with Gasteiger partial charge in [-0.15, -0.1) is 0 Å². The first-order chi connectivity index (χ1) is 12.7. The minimum atomic E-state index is -1.11. The van der Waals surface area contributed by atoms with Crippen molar-refractivity contribution in [2.45, 2.75) is 12.6 Å². The normalized spacial score (nSPS) is 15.3. The molecule has 0 bridgehead atoms. The third kappa shape index (κ3) is 4.21. The molecule has 1 unspecified atom stereocenters. The maximum atomic E-state index is 13.2. The highest BCUT2D eigenvalue weighted by Crippen LogP contribution is 2.26. The molecule has 1 heterocycles. The van der Waals surface area contributed by atoms with Gasteiger partial charge in [-0.1, -0.05) is 60.7 Å². The van der Waals surface area contributed by atoms with Gasteiger partial charge in [0.25, 0.3) is 0 Å². The number of benzene rings is 2. The predicted octanol–water partition coefficient (Wildman–Crippen LogP) is 2.34. The molecular weight excluding hydrogens is 330 g/mol. The molecule has 1 aliphatic heterocycles. The number of hydrogen-bond acceptors (Lipinski definition) is 3. The van der Waals surface area contributed by atoms with Gasteiger partial charge >= 0.3 is 6.09 Å². The van der Waals surface area contributed by atoms with Crippen molar-refractivity contribution in [2.75, 3.05) is 26.2 Å². The highest BCUT2D eigenvalue weighted by molar-refractivity contribution is 5.86. The van der Waals surface area contributed by atoms with Crippen molar-refractivity contribution in [3.8, 4) is 0 Å². The van der Waals surface area contributed by atoms with Gasteiger partial charge in [-0.2, -0.15) is 0 Å². The molecular formula is C20H23N3O3. The number of carbonyl (C=O) groups is 2. The van der Waals surface area contributed by atoms with Crippen LogP contribution in [0, 0.1) is 0 Å². The molecule has 0 radical (unpaired) electrons. The van der Waals surface area contributed by atoms with Crippen LogP contribution in [-0.4, -0.2) is 53.1 Å². The molecule has 2 aromatic rings. The second kappa shape index (κ2) is 8.49. The van der Waals surface area contributed by atoms with E-state index < -0.39 is 12.1 Å². The first kappa shape index (κ1) is 17.9. The van der Waals surface area contributed by atoms with Gasteiger partial charge in [-0.05, 0) is 11.1 Å². The van der Waals surface area contributed by atoms with Gasteiger partial charge in [-0.3, -0.25) is 9.69 Å². The minimum Gasteiger partial charge on any atom is -0.465 e. The van der Waals surface area contributed by atoms with Gasteiger partial charge in [0.2, 0.25) is 5.91 Å². The minimum absolute atomic E-state index is 0.160. The Labute approximate surface area is 153 Å². The molecule has 1 atom stereocenters. The quantitative estimate of drug-likeness (QED) is 0.865. The summed E-state index contributed by atoms with van der Waals surface area (Å²) in [5, 5.41) is 13.1. The first-order valence-electron chi connectivity index (χ1n) is 8.75. The van der Waals surface area contributed by atoms with Gasteiger partial charge in [-0.25, -0.2) is 4.79 Å². The van der Waals surface area contributed by atoms with Crippen LogP contribution in [0.2, 0.25) is 0 Å². The standard InChI is InChI=1S/C20H23N3O3/c24-19(22-13-11-21-12-14-22)18(17-9-5-2-6-10-17)23(20(25)26)15-16-7-3-1-4-8-16/h1-10,18,21H,11-15H2,(H,25,26). The number of hydrogen-bond donors (Lipinski definition) is 2. The summed E-state index contributed by atoms with van der Waals surface area (Å²) in [6.07, 6.45) is -1.11. The highest BCUT2D eigenvalue weighted by Gasteiger charge is 2.34. The van der Waals surface area contributed by atoms with E-state index in [1.54, 1.807) is 4.90 Å². The van der Waals surface area contributed by atoms with Crippen molar-refractivity contribution in [1.29, 1.82) is 0 Å². The molecule has 26 heavy (non-hydrogen) atoms. The summed E-state index contributed by atoms with van der Waals surface area (Å²) >= 11 is 0. The lowest BCUT2D eigenvalue weighted by molar-refractivity contribution is -0.137. The van der Waals surface area contributed by atoms with Crippen LogP contribution in [0.25, 0.3) is 0 Å². The zero-order valence-corrected chi connectivity index (χ0v) is 14.5. The van der Waals surface area contributed by atoms with E-state index in [2.05, 4.69) is 5.32 Å². The molecule has 0 spiro atoms. The SMILES string of the molecule is O=C(C(c1ccccc1)N(Cc1ccccc1)C(=O)O)N1CCNCC1. The van der Waals surface area contributed by atoms with Crippen LogP contribution < -0.4 is 5.32 Å². The van der Waals surface area contributed by atoms with E-state index in [-0.39, 0.29) is 12.5 Å². The fraction of sp³-hybridized carbons (Fsp3) is 0.300. The smallest absolute Gasteiger partial charge is 0.408 e. The van der Waals surface area contributed by atoms with E-state index in [0.717, 1.165) is 18.7 Å². The van der Waals surface area contributed by atoms with Crippen molar-refractivity contribution in [1.82, 2.24) is 15.1 Å². The van der Waals surface area contributed by atoms with Crippen molar-refractivity contribution in [3.63, 3.8) is 0 Å². The van der Waals surface area contributed by atoms with Crippen molar-refractivity contribution < 1.29 is 14.7 Å². The molecule has 1 fully saturated rings. The second-order valence-electron chi connectivity index (χ2n) is 6.28. The Morgan fingerprint density at radius 1 is 1.00 bits per heavy atom. The van der Waals surface area contributed by atoms with E-state index >= 15 is 0 Å². The maximum Gasteiger partial charge on any atom is 0.408 e. The number of amides is 2. The largest absolute Gasteiger partial charge is 0.465 e. The van der Waals surface area contributed by atoms with Crippen molar-refractivity contribution in [3.05, 3.63) is 71.8 Å². The fourth-order valence-electron chi connectivity index (χ4n) is 3.20. The Morgan fingerprint density at radius 2 is 1.58 bits per heavy atom. The number of piperazine rings is 1. The lowest BCUT2D eigenvalue weighted by Gasteiger charge is -2.35. The van der Waals surface area contributed by atoms with Crippen molar-refractivity contribution >= 4 is 12.0 Å². The Morgan fingerprint density at radius 3 is 2.15 bits per heavy atom. The lowest BCUT2D eigenvalue weighted by atomic mass is 10.0. The van der Waals surface area contributed by atoms with Gasteiger partial charge in [0, 0.05) is 26.2 Å². The van der Waals surface area contributed by atoms with Gasteiger partial charge in [0.15, 0.2) is 0 Å². The monoisotopic (exact) mass is 353 g/mol. The Kier molecular flexibility index (Phi) is 5.86. The molecule has 6 heteroatoms. The predicted molar refractivity (Wildman–Crippen MR) is 98.6 cm³/mol. The molecule has 2 aromatic carbocycles. The van der Waals surface area contributed by atoms with Crippen LogP contribution in [-0.2, 0) is 11.3 Å². The molecule has 136 valence electrons. The van der Waals surface area contributed by atoms with Gasteiger partial charge in [0.05, 0.1) is 6.54 Å². The topological polar surface area (TPSA) is 72.9 Å². The van der Waals surface area contributed by atoms with Crippen LogP contribution in [0.5, 0.6) is 0 Å². The summed E-state index contributed by atoms with van der Waals surface area (Å²) in [5.74, 6) is -0.170. The number of nitrogens with zero attached hydrogens (tertiary/aromatic N) is 2. The highest BCUT2D eigenvalue weighted by atomic mass is 16.4. The summed E-state index contributed by atoms with van der Waals surface area (Å²) in [7, 11) is 0. The molecule has 2 amide bonds. The van der Waals surface area contributed by atoms with Crippen LogP contribution in [0.1, 0.15) is 17.2 Å². The van der Waals surface area contributed by atoms with E-state index in [4.69, 9.17) is 0 Å². The third-order valence-electron chi connectivity index (χ3n) is 4.53. The van der Waals surface area contributed by atoms with Crippen LogP contribution in [0.3, 0.4) is 0 Å². The summed E-state index contributed by atoms with van der Waals surface area (Å²) < 4.78 is 0. The average molecular weight is 353 g/mol. The molecule has 1 saturated heterocycles. The van der Waals surface area contributed by atoms with E-state index in [1.165, 1.54) is 4.90 Å². The van der Waals surface area contributed by atoms with Gasteiger partial charge in [0.1, 0.15) is 6.04 Å². The van der Waals surface area contributed by atoms with E-state index in [1.807, 2.05) is 60.7 Å². The Hall–Kier alpha value is -2.86. The second-order valence-corrected chi connectivity index (χ2v) is 6.28. The third-order valence-corrected chi connectivity index (χ3v) is 4.53.